The highest BCUT2D eigenvalue weighted by atomic mass is 79.9. The molecular formula is C26H26BrFN4. The number of rotatable bonds is 5. The zero-order valence-corrected chi connectivity index (χ0v) is 19.6. The van der Waals surface area contributed by atoms with Crippen molar-refractivity contribution in [3.05, 3.63) is 70.8 Å². The molecule has 0 radical (unpaired) electrons. The van der Waals surface area contributed by atoms with Gasteiger partial charge < -0.3 is 5.32 Å². The number of hydrogen-bond acceptors (Lipinski definition) is 4. The molecule has 1 unspecified atom stereocenters. The lowest BCUT2D eigenvalue weighted by Crippen LogP contribution is -2.23. The second kappa shape index (κ2) is 9.10. The maximum atomic E-state index is 13.8. The predicted molar refractivity (Wildman–Crippen MR) is 131 cm³/mol. The topological polar surface area (TPSA) is 50.7 Å². The van der Waals surface area contributed by atoms with E-state index in [9.17, 15) is 4.39 Å². The van der Waals surface area contributed by atoms with Crippen molar-refractivity contribution < 1.29 is 4.39 Å². The van der Waals surface area contributed by atoms with Crippen LogP contribution in [0, 0.1) is 11.7 Å². The van der Waals surface area contributed by atoms with Crippen molar-refractivity contribution in [2.75, 3.05) is 5.32 Å². The van der Waals surface area contributed by atoms with Crippen LogP contribution >= 0.6 is 15.9 Å². The van der Waals surface area contributed by atoms with Crippen molar-refractivity contribution in [3.63, 3.8) is 0 Å². The van der Waals surface area contributed by atoms with Gasteiger partial charge in [-0.15, -0.1) is 0 Å². The van der Waals surface area contributed by atoms with Gasteiger partial charge in [0, 0.05) is 27.5 Å². The maximum absolute atomic E-state index is 13.8. The van der Waals surface area contributed by atoms with Crippen LogP contribution in [0.2, 0.25) is 0 Å². The zero-order chi connectivity index (χ0) is 22.1. The molecule has 164 valence electrons. The van der Waals surface area contributed by atoms with Gasteiger partial charge in [0.05, 0.1) is 11.0 Å². The highest BCUT2D eigenvalue weighted by Crippen LogP contribution is 2.40. The number of hydrogen-bond donors (Lipinski definition) is 1. The largest absolute Gasteiger partial charge is 0.367 e. The lowest BCUT2D eigenvalue weighted by Gasteiger charge is -2.31. The smallest absolute Gasteiger partial charge is 0.137 e. The van der Waals surface area contributed by atoms with Crippen molar-refractivity contribution >= 4 is 43.6 Å². The molecule has 0 bridgehead atoms. The molecule has 0 spiro atoms. The first-order chi connectivity index (χ1) is 15.6. The lowest BCUT2D eigenvalue weighted by molar-refractivity contribution is 0.302. The van der Waals surface area contributed by atoms with Crippen LogP contribution in [0.25, 0.3) is 21.8 Å². The van der Waals surface area contributed by atoms with Gasteiger partial charge in [0.1, 0.15) is 18.0 Å². The summed E-state index contributed by atoms with van der Waals surface area (Å²) in [6, 6.07) is 13.4. The summed E-state index contributed by atoms with van der Waals surface area (Å²) in [5.74, 6) is 1.87. The molecule has 2 heterocycles. The van der Waals surface area contributed by atoms with E-state index >= 15 is 0 Å². The molecule has 1 aliphatic carbocycles. The first kappa shape index (κ1) is 21.3. The quantitative estimate of drug-likeness (QED) is 0.318. The summed E-state index contributed by atoms with van der Waals surface area (Å²) < 4.78 is 14.9. The first-order valence-electron chi connectivity index (χ1n) is 11.3. The third kappa shape index (κ3) is 4.46. The molecule has 4 nitrogen and oxygen atoms in total. The van der Waals surface area contributed by atoms with Crippen molar-refractivity contribution in [2.24, 2.45) is 5.92 Å². The average molecular weight is 493 g/mol. The molecule has 1 saturated carbocycles. The van der Waals surface area contributed by atoms with Gasteiger partial charge in [-0.2, -0.15) is 0 Å². The van der Waals surface area contributed by atoms with Crippen molar-refractivity contribution in [1.82, 2.24) is 15.0 Å². The van der Waals surface area contributed by atoms with Gasteiger partial charge in [0.25, 0.3) is 0 Å². The van der Waals surface area contributed by atoms with Gasteiger partial charge in [-0.3, -0.25) is 4.98 Å². The fourth-order valence-corrected chi connectivity index (χ4v) is 5.49. The number of anilines is 1. The van der Waals surface area contributed by atoms with Crippen LogP contribution in [-0.2, 0) is 0 Å². The van der Waals surface area contributed by atoms with Crippen LogP contribution in [0.3, 0.4) is 0 Å². The summed E-state index contributed by atoms with van der Waals surface area (Å²) in [4.78, 5) is 13.3. The first-order valence-corrected chi connectivity index (χ1v) is 12.1. The highest BCUT2D eigenvalue weighted by molar-refractivity contribution is 9.10. The van der Waals surface area contributed by atoms with E-state index in [2.05, 4.69) is 55.3 Å². The fourth-order valence-electron chi connectivity index (χ4n) is 5.14. The van der Waals surface area contributed by atoms with Gasteiger partial charge >= 0.3 is 0 Å². The summed E-state index contributed by atoms with van der Waals surface area (Å²) in [5.41, 5.74) is 3.07. The number of benzene rings is 2. The second-order valence-electron chi connectivity index (χ2n) is 8.94. The van der Waals surface area contributed by atoms with Crippen molar-refractivity contribution in [2.45, 2.75) is 51.0 Å². The van der Waals surface area contributed by atoms with Crippen LogP contribution in [0.15, 0.2) is 59.5 Å². The summed E-state index contributed by atoms with van der Waals surface area (Å²) in [5, 5.41) is 5.62. The summed E-state index contributed by atoms with van der Waals surface area (Å²) >= 11 is 3.51. The summed E-state index contributed by atoms with van der Waals surface area (Å²) in [6.07, 6.45) is 9.24. The molecule has 1 aliphatic rings. The Hall–Kier alpha value is -2.60. The third-order valence-electron chi connectivity index (χ3n) is 6.69. The minimum absolute atomic E-state index is 0.190. The van der Waals surface area contributed by atoms with Crippen LogP contribution in [0.1, 0.15) is 50.5 Å². The van der Waals surface area contributed by atoms with Gasteiger partial charge in [0.15, 0.2) is 0 Å². The molecule has 1 N–H and O–H groups in total. The third-order valence-corrected chi connectivity index (χ3v) is 7.19. The number of pyridine rings is 1. The lowest BCUT2D eigenvalue weighted by atomic mass is 9.76. The average Bonchev–Trinajstić information content (AvgIpc) is 2.79. The van der Waals surface area contributed by atoms with Crippen LogP contribution < -0.4 is 5.32 Å². The van der Waals surface area contributed by atoms with Crippen molar-refractivity contribution in [3.8, 4) is 0 Å². The fraction of sp³-hybridized carbons (Fsp3) is 0.346. The molecule has 32 heavy (non-hydrogen) atoms. The maximum Gasteiger partial charge on any atom is 0.137 e. The normalized spacial score (nSPS) is 19.8. The molecule has 0 aliphatic heterocycles. The van der Waals surface area contributed by atoms with E-state index in [4.69, 9.17) is 0 Å². The monoisotopic (exact) mass is 492 g/mol. The van der Waals surface area contributed by atoms with Gasteiger partial charge in [-0.1, -0.05) is 15.9 Å². The Morgan fingerprint density at radius 2 is 1.81 bits per heavy atom. The van der Waals surface area contributed by atoms with E-state index in [0.717, 1.165) is 51.4 Å². The molecule has 0 amide bonds. The van der Waals surface area contributed by atoms with Crippen molar-refractivity contribution in [1.29, 1.82) is 0 Å². The molecule has 4 aromatic rings. The Morgan fingerprint density at radius 3 is 2.66 bits per heavy atom. The Labute approximate surface area is 195 Å². The predicted octanol–water partition coefficient (Wildman–Crippen LogP) is 7.24. The Morgan fingerprint density at radius 1 is 0.969 bits per heavy atom. The Bertz CT molecular complexity index is 1250. The molecular weight excluding hydrogens is 467 g/mol. The van der Waals surface area contributed by atoms with Gasteiger partial charge in [0.2, 0.25) is 0 Å². The summed E-state index contributed by atoms with van der Waals surface area (Å²) in [6.45, 7) is 2.23. The molecule has 2 aromatic carbocycles. The molecule has 1 atom stereocenters. The minimum atomic E-state index is -0.190. The van der Waals surface area contributed by atoms with E-state index in [1.807, 2.05) is 18.3 Å². The molecule has 2 aromatic heterocycles. The van der Waals surface area contributed by atoms with Crippen LogP contribution in [-0.4, -0.2) is 21.0 Å². The van der Waals surface area contributed by atoms with E-state index < -0.39 is 0 Å². The SMILES string of the molecule is CC(CC1CCC(c2ccnc3ccc(F)cc23)CC1)Nc1ncnc2cc(Br)ccc12. The Balaban J connectivity index is 1.23. The molecule has 1 fully saturated rings. The minimum Gasteiger partial charge on any atom is -0.367 e. The number of halogens is 2. The van der Waals surface area contributed by atoms with E-state index in [-0.39, 0.29) is 5.82 Å². The van der Waals surface area contributed by atoms with E-state index in [1.54, 1.807) is 18.5 Å². The molecule has 6 heteroatoms. The highest BCUT2D eigenvalue weighted by Gasteiger charge is 2.25. The standard InChI is InChI=1S/C26H26BrFN4/c1-16(32-26-22-8-6-19(27)13-25(22)30-15-31-26)12-17-2-4-18(5-3-17)21-10-11-29-24-9-7-20(28)14-23(21)24/h6-11,13-18H,2-5,12H2,1H3,(H,30,31,32). The molecule has 0 saturated heterocycles. The number of fused-ring (bicyclic) bond motifs is 2. The Kier molecular flexibility index (Phi) is 6.05. The van der Waals surface area contributed by atoms with E-state index in [0.29, 0.717) is 17.9 Å². The number of nitrogens with zero attached hydrogens (tertiary/aromatic N) is 3. The van der Waals surface area contributed by atoms with Gasteiger partial charge in [-0.25, -0.2) is 14.4 Å². The van der Waals surface area contributed by atoms with Gasteiger partial charge in [-0.05, 0) is 98.9 Å². The number of nitrogens with one attached hydrogen (secondary N) is 1. The zero-order valence-electron chi connectivity index (χ0n) is 18.1. The molecule has 5 rings (SSSR count). The second-order valence-corrected chi connectivity index (χ2v) is 9.86. The summed E-state index contributed by atoms with van der Waals surface area (Å²) in [7, 11) is 0. The van der Waals surface area contributed by atoms with Crippen LogP contribution in [0.4, 0.5) is 10.2 Å². The number of aromatic nitrogens is 3. The van der Waals surface area contributed by atoms with Crippen LogP contribution in [0.5, 0.6) is 0 Å². The van der Waals surface area contributed by atoms with E-state index in [1.165, 1.54) is 24.5 Å².